The van der Waals surface area contributed by atoms with Crippen molar-refractivity contribution in [1.82, 2.24) is 15.8 Å². The number of amides is 4. The van der Waals surface area contributed by atoms with Gasteiger partial charge in [-0.2, -0.15) is 0 Å². The summed E-state index contributed by atoms with van der Waals surface area (Å²) in [4.78, 5) is 64.2. The quantitative estimate of drug-likeness (QED) is 0.265. The molecule has 0 aliphatic carbocycles. The zero-order valence-electron chi connectivity index (χ0n) is 18.8. The molecule has 10 heteroatoms. The van der Waals surface area contributed by atoms with Gasteiger partial charge in [0.05, 0.1) is 11.1 Å². The molecule has 36 heavy (non-hydrogen) atoms. The number of nitrogens with zero attached hydrogens (tertiary/aromatic N) is 1. The molecule has 0 unspecified atom stereocenters. The Bertz CT molecular complexity index is 1290. The predicted molar refractivity (Wildman–Crippen MR) is 132 cm³/mol. The van der Waals surface area contributed by atoms with Crippen LogP contribution in [-0.4, -0.2) is 47.1 Å². The zero-order valence-corrected chi connectivity index (χ0v) is 20.4. The molecule has 1 aliphatic heterocycles. The summed E-state index contributed by atoms with van der Waals surface area (Å²) in [5.74, 6) is -3.51. The van der Waals surface area contributed by atoms with E-state index in [0.29, 0.717) is 11.1 Å². The van der Waals surface area contributed by atoms with Gasteiger partial charge in [-0.1, -0.05) is 58.4 Å². The van der Waals surface area contributed by atoms with Crippen LogP contribution in [0.25, 0.3) is 0 Å². The van der Waals surface area contributed by atoms with Crippen LogP contribution in [0.15, 0.2) is 83.3 Å². The van der Waals surface area contributed by atoms with Gasteiger partial charge in [-0.25, -0.2) is 4.79 Å². The molecule has 4 rings (SSSR count). The lowest BCUT2D eigenvalue weighted by molar-refractivity contribution is -0.152. The number of carbonyl (C=O) groups excluding carboxylic acids is 5. The van der Waals surface area contributed by atoms with Crippen LogP contribution in [0.5, 0.6) is 0 Å². The van der Waals surface area contributed by atoms with Crippen LogP contribution in [0.2, 0.25) is 0 Å². The second kappa shape index (κ2) is 11.0. The number of esters is 1. The monoisotopic (exact) mass is 549 g/mol. The maximum atomic E-state index is 13.0. The number of hydrazine groups is 1. The molecular formula is C26H20BrN3O6. The smallest absolute Gasteiger partial charge is 0.330 e. The molecule has 0 fully saturated rings. The number of ether oxygens (including phenoxy) is 1. The molecule has 3 aromatic carbocycles. The van der Waals surface area contributed by atoms with Crippen molar-refractivity contribution in [2.24, 2.45) is 0 Å². The Morgan fingerprint density at radius 1 is 0.806 bits per heavy atom. The topological polar surface area (TPSA) is 122 Å². The first-order valence-corrected chi connectivity index (χ1v) is 11.7. The summed E-state index contributed by atoms with van der Waals surface area (Å²) >= 11 is 3.27. The molecule has 0 saturated heterocycles. The lowest BCUT2D eigenvalue weighted by Crippen LogP contribution is -2.48. The van der Waals surface area contributed by atoms with Gasteiger partial charge in [0, 0.05) is 16.5 Å². The van der Waals surface area contributed by atoms with Gasteiger partial charge in [0.25, 0.3) is 23.6 Å². The van der Waals surface area contributed by atoms with E-state index < -0.39 is 42.2 Å². The third-order valence-electron chi connectivity index (χ3n) is 5.45. The van der Waals surface area contributed by atoms with Gasteiger partial charge in [0.2, 0.25) is 0 Å². The van der Waals surface area contributed by atoms with Gasteiger partial charge in [-0.05, 0) is 42.0 Å². The number of rotatable bonds is 7. The van der Waals surface area contributed by atoms with Crippen LogP contribution in [0.1, 0.15) is 36.6 Å². The molecule has 4 amide bonds. The van der Waals surface area contributed by atoms with E-state index in [-0.39, 0.29) is 17.5 Å². The average molecular weight is 550 g/mol. The third kappa shape index (κ3) is 5.49. The molecule has 1 heterocycles. The number of hydrogen-bond acceptors (Lipinski definition) is 6. The van der Waals surface area contributed by atoms with Crippen molar-refractivity contribution in [3.63, 3.8) is 0 Å². The van der Waals surface area contributed by atoms with Crippen LogP contribution >= 0.6 is 15.9 Å². The summed E-state index contributed by atoms with van der Waals surface area (Å²) in [5, 5.41) is 0. The minimum absolute atomic E-state index is 0.00701. The molecule has 9 nitrogen and oxygen atoms in total. The fourth-order valence-corrected chi connectivity index (χ4v) is 3.94. The minimum atomic E-state index is -1.29. The van der Waals surface area contributed by atoms with Gasteiger partial charge in [-0.3, -0.25) is 34.9 Å². The minimum Gasteiger partial charge on any atom is -0.454 e. The van der Waals surface area contributed by atoms with Crippen molar-refractivity contribution in [2.75, 3.05) is 6.61 Å². The van der Waals surface area contributed by atoms with Crippen LogP contribution in [0.3, 0.4) is 0 Å². The summed E-state index contributed by atoms with van der Waals surface area (Å²) in [6.07, 6.45) is 0.00701. The Hall–Kier alpha value is -4.31. The Kier molecular flexibility index (Phi) is 7.55. The Morgan fingerprint density at radius 2 is 1.39 bits per heavy atom. The highest BCUT2D eigenvalue weighted by Crippen LogP contribution is 2.26. The van der Waals surface area contributed by atoms with Gasteiger partial charge < -0.3 is 4.74 Å². The molecule has 1 aliphatic rings. The average Bonchev–Trinajstić information content (AvgIpc) is 3.15. The molecule has 0 spiro atoms. The van der Waals surface area contributed by atoms with E-state index in [1.807, 2.05) is 0 Å². The summed E-state index contributed by atoms with van der Waals surface area (Å²) in [6.45, 7) is -0.728. The fraction of sp³-hybridized carbons (Fsp3) is 0.115. The maximum absolute atomic E-state index is 13.0. The van der Waals surface area contributed by atoms with Crippen molar-refractivity contribution in [2.45, 2.75) is 12.5 Å². The van der Waals surface area contributed by atoms with Crippen molar-refractivity contribution in [1.29, 1.82) is 0 Å². The number of nitrogens with one attached hydrogen (secondary N) is 2. The van der Waals surface area contributed by atoms with Crippen LogP contribution < -0.4 is 10.9 Å². The highest BCUT2D eigenvalue weighted by molar-refractivity contribution is 9.10. The van der Waals surface area contributed by atoms with Gasteiger partial charge in [-0.15, -0.1) is 0 Å². The lowest BCUT2D eigenvalue weighted by Gasteiger charge is -2.24. The molecule has 3 aromatic rings. The van der Waals surface area contributed by atoms with E-state index in [4.69, 9.17) is 4.74 Å². The first-order valence-electron chi connectivity index (χ1n) is 10.9. The third-order valence-corrected chi connectivity index (χ3v) is 5.98. The van der Waals surface area contributed by atoms with E-state index in [9.17, 15) is 24.0 Å². The van der Waals surface area contributed by atoms with Crippen LogP contribution in [0, 0.1) is 0 Å². The summed E-state index contributed by atoms with van der Waals surface area (Å²) in [7, 11) is 0. The van der Waals surface area contributed by atoms with E-state index in [0.717, 1.165) is 9.37 Å². The first kappa shape index (κ1) is 24.8. The van der Waals surface area contributed by atoms with Crippen LogP contribution in [-0.2, 0) is 20.7 Å². The number of benzene rings is 3. The maximum Gasteiger partial charge on any atom is 0.330 e. The molecule has 0 saturated carbocycles. The SMILES string of the molecule is O=C(COC(=O)[C@@H](Cc1ccccc1)N1C(=O)c2ccccc2C1=O)NNC(=O)c1ccc(Br)cc1. The van der Waals surface area contributed by atoms with E-state index in [1.165, 1.54) is 12.1 Å². The fourth-order valence-electron chi connectivity index (χ4n) is 3.68. The molecular weight excluding hydrogens is 530 g/mol. The number of fused-ring (bicyclic) bond motifs is 1. The second-order valence-corrected chi connectivity index (χ2v) is 8.76. The molecule has 0 radical (unpaired) electrons. The zero-order chi connectivity index (χ0) is 25.7. The molecule has 2 N–H and O–H groups in total. The van der Waals surface area contributed by atoms with Gasteiger partial charge in [0.1, 0.15) is 6.04 Å². The molecule has 0 bridgehead atoms. The Morgan fingerprint density at radius 3 is 2.00 bits per heavy atom. The standard InChI is InChI=1S/C26H20BrN3O6/c27-18-12-10-17(11-13-18)23(32)29-28-22(31)15-36-26(35)21(14-16-6-2-1-3-7-16)30-24(33)19-8-4-5-9-20(19)25(30)34/h1-13,21H,14-15H2,(H,28,31)(H,29,32)/t21-/m1/s1. The molecule has 1 atom stereocenters. The first-order chi connectivity index (χ1) is 17.3. The highest BCUT2D eigenvalue weighted by Gasteiger charge is 2.43. The van der Waals surface area contributed by atoms with Gasteiger partial charge in [0.15, 0.2) is 6.61 Å². The second-order valence-electron chi connectivity index (χ2n) is 7.85. The van der Waals surface area contributed by atoms with Crippen molar-refractivity contribution < 1.29 is 28.7 Å². The Labute approximate surface area is 214 Å². The van der Waals surface area contributed by atoms with E-state index in [2.05, 4.69) is 26.8 Å². The molecule has 0 aromatic heterocycles. The normalized spacial score (nSPS) is 13.1. The van der Waals surface area contributed by atoms with Crippen molar-refractivity contribution in [3.05, 3.63) is 106 Å². The molecule has 182 valence electrons. The largest absolute Gasteiger partial charge is 0.454 e. The number of halogens is 1. The summed E-state index contributed by atoms with van der Waals surface area (Å²) < 4.78 is 5.94. The van der Waals surface area contributed by atoms with Crippen molar-refractivity contribution in [3.8, 4) is 0 Å². The number of hydrogen-bond donors (Lipinski definition) is 2. The summed E-state index contributed by atoms with van der Waals surface area (Å²) in [6, 6.07) is 20.3. The van der Waals surface area contributed by atoms with E-state index >= 15 is 0 Å². The summed E-state index contributed by atoms with van der Waals surface area (Å²) in [5.41, 5.74) is 5.79. The number of imide groups is 1. The van der Waals surface area contributed by atoms with Crippen molar-refractivity contribution >= 4 is 45.5 Å². The highest BCUT2D eigenvalue weighted by atomic mass is 79.9. The van der Waals surface area contributed by atoms with Gasteiger partial charge >= 0.3 is 5.97 Å². The number of carbonyl (C=O) groups is 5. The van der Waals surface area contributed by atoms with Crippen LogP contribution in [0.4, 0.5) is 0 Å². The lowest BCUT2D eigenvalue weighted by atomic mass is 10.0. The van der Waals surface area contributed by atoms with E-state index in [1.54, 1.807) is 66.7 Å². The predicted octanol–water partition coefficient (Wildman–Crippen LogP) is 2.66. The Balaban J connectivity index is 1.42.